The van der Waals surface area contributed by atoms with Crippen LogP contribution in [0.5, 0.6) is 0 Å². The molecule has 0 aliphatic carbocycles. The summed E-state index contributed by atoms with van der Waals surface area (Å²) in [6, 6.07) is 12.8. The van der Waals surface area contributed by atoms with E-state index in [1.165, 1.54) is 20.2 Å². The Labute approximate surface area is 147 Å². The van der Waals surface area contributed by atoms with Crippen LogP contribution in [0.3, 0.4) is 0 Å². The smallest absolute Gasteiger partial charge is 0.0651 e. The van der Waals surface area contributed by atoms with Crippen LogP contribution in [0.2, 0.25) is 5.02 Å². The molecule has 2 aromatic carbocycles. The van der Waals surface area contributed by atoms with Gasteiger partial charge in [-0.3, -0.25) is 0 Å². The maximum Gasteiger partial charge on any atom is 0.0651 e. The molecule has 0 aliphatic heterocycles. The fraction of sp³-hybridized carbons (Fsp3) is 0.368. The summed E-state index contributed by atoms with van der Waals surface area (Å²) in [5.41, 5.74) is 1.04. The molecule has 0 fully saturated rings. The summed E-state index contributed by atoms with van der Waals surface area (Å²) < 4.78 is 2.57. The van der Waals surface area contributed by atoms with E-state index in [4.69, 9.17) is 11.6 Å². The molecule has 0 saturated heterocycles. The summed E-state index contributed by atoms with van der Waals surface area (Å²) in [4.78, 5) is 2.44. The highest BCUT2D eigenvalue weighted by Gasteiger charge is 2.09. The van der Waals surface area contributed by atoms with Gasteiger partial charge in [-0.2, -0.15) is 0 Å². The highest BCUT2D eigenvalue weighted by Crippen LogP contribution is 2.38. The van der Waals surface area contributed by atoms with Gasteiger partial charge in [0.25, 0.3) is 0 Å². The lowest BCUT2D eigenvalue weighted by atomic mass is 10.1. The van der Waals surface area contributed by atoms with Crippen LogP contribution in [0.4, 0.5) is 5.69 Å². The summed E-state index contributed by atoms with van der Waals surface area (Å²) in [5.74, 6) is 0. The Kier molecular flexibility index (Phi) is 5.42. The van der Waals surface area contributed by atoms with Gasteiger partial charge in [0, 0.05) is 26.7 Å². The fourth-order valence-electron chi connectivity index (χ4n) is 2.95. The van der Waals surface area contributed by atoms with E-state index in [1.54, 1.807) is 11.3 Å². The highest BCUT2D eigenvalue weighted by atomic mass is 35.5. The van der Waals surface area contributed by atoms with Crippen LogP contribution in [-0.2, 0) is 0 Å². The maximum atomic E-state index is 6.46. The molecule has 1 N–H and O–H groups in total. The average molecular weight is 347 g/mol. The second kappa shape index (κ2) is 7.52. The summed E-state index contributed by atoms with van der Waals surface area (Å²) in [7, 11) is 0. The van der Waals surface area contributed by atoms with Crippen molar-refractivity contribution in [2.75, 3.05) is 31.5 Å². The van der Waals surface area contributed by atoms with Crippen molar-refractivity contribution in [2.45, 2.75) is 20.3 Å². The Hall–Kier alpha value is -1.29. The van der Waals surface area contributed by atoms with Crippen molar-refractivity contribution < 1.29 is 0 Å². The molecule has 3 aromatic rings. The van der Waals surface area contributed by atoms with Crippen LogP contribution in [0.25, 0.3) is 20.2 Å². The Bertz CT molecular complexity index is 793. The molecule has 0 saturated carbocycles. The quantitative estimate of drug-likeness (QED) is 0.539. The molecule has 1 heterocycles. The Morgan fingerprint density at radius 3 is 2.61 bits per heavy atom. The number of hydrogen-bond donors (Lipinski definition) is 1. The standard InChI is InChI=1S/C19H23ClN2S/c1-3-22(4-2)11-7-10-21-17-12-15-14-8-5-6-9-18(14)23-19(15)13-16(17)20/h5-6,8-9,12-13,21H,3-4,7,10-11H2,1-2H3. The van der Waals surface area contributed by atoms with Gasteiger partial charge in [-0.05, 0) is 44.3 Å². The first-order chi connectivity index (χ1) is 11.2. The zero-order valence-corrected chi connectivity index (χ0v) is 15.3. The minimum atomic E-state index is 0.812. The van der Waals surface area contributed by atoms with Gasteiger partial charge >= 0.3 is 0 Å². The first-order valence-corrected chi connectivity index (χ1v) is 9.49. The molecule has 0 unspecified atom stereocenters. The largest absolute Gasteiger partial charge is 0.384 e. The van der Waals surface area contributed by atoms with E-state index in [-0.39, 0.29) is 0 Å². The SMILES string of the molecule is CCN(CC)CCCNc1cc2c(cc1Cl)sc1ccccc12. The lowest BCUT2D eigenvalue weighted by Crippen LogP contribution is -2.25. The fourth-order valence-corrected chi connectivity index (χ4v) is 4.37. The lowest BCUT2D eigenvalue weighted by Gasteiger charge is -2.18. The van der Waals surface area contributed by atoms with Gasteiger partial charge in [-0.15, -0.1) is 11.3 Å². The van der Waals surface area contributed by atoms with Crippen molar-refractivity contribution in [1.29, 1.82) is 0 Å². The second-order valence-corrected chi connectivity index (χ2v) is 7.22. The van der Waals surface area contributed by atoms with Crippen molar-refractivity contribution in [3.8, 4) is 0 Å². The average Bonchev–Trinajstić information content (AvgIpc) is 2.92. The van der Waals surface area contributed by atoms with Crippen LogP contribution in [0.15, 0.2) is 36.4 Å². The third-order valence-electron chi connectivity index (χ3n) is 4.33. The molecule has 3 rings (SSSR count). The molecule has 0 aliphatic rings. The molecule has 0 spiro atoms. The van der Waals surface area contributed by atoms with E-state index in [1.807, 2.05) is 0 Å². The Morgan fingerprint density at radius 2 is 1.83 bits per heavy atom. The number of nitrogens with zero attached hydrogens (tertiary/aromatic N) is 1. The zero-order chi connectivity index (χ0) is 16.2. The summed E-state index contributed by atoms with van der Waals surface area (Å²) in [6.45, 7) is 8.73. The molecular weight excluding hydrogens is 324 g/mol. The minimum Gasteiger partial charge on any atom is -0.384 e. The molecule has 0 atom stereocenters. The van der Waals surface area contributed by atoms with Gasteiger partial charge in [0.2, 0.25) is 0 Å². The van der Waals surface area contributed by atoms with Crippen molar-refractivity contribution in [1.82, 2.24) is 4.90 Å². The number of hydrogen-bond acceptors (Lipinski definition) is 3. The first-order valence-electron chi connectivity index (χ1n) is 8.30. The van der Waals surface area contributed by atoms with E-state index < -0.39 is 0 Å². The van der Waals surface area contributed by atoms with Gasteiger partial charge < -0.3 is 10.2 Å². The van der Waals surface area contributed by atoms with Gasteiger partial charge in [-0.1, -0.05) is 43.6 Å². The van der Waals surface area contributed by atoms with Gasteiger partial charge in [0.05, 0.1) is 10.7 Å². The van der Waals surface area contributed by atoms with Gasteiger partial charge in [-0.25, -0.2) is 0 Å². The van der Waals surface area contributed by atoms with Gasteiger partial charge in [0.1, 0.15) is 0 Å². The molecular formula is C19H23ClN2S. The van der Waals surface area contributed by atoms with Crippen molar-refractivity contribution in [2.24, 2.45) is 0 Å². The lowest BCUT2D eigenvalue weighted by molar-refractivity contribution is 0.303. The number of anilines is 1. The predicted molar refractivity (Wildman–Crippen MR) is 105 cm³/mol. The normalized spacial score (nSPS) is 11.7. The molecule has 1 aromatic heterocycles. The van der Waals surface area contributed by atoms with Crippen LogP contribution < -0.4 is 5.32 Å². The van der Waals surface area contributed by atoms with Crippen molar-refractivity contribution in [3.05, 3.63) is 41.4 Å². The van der Waals surface area contributed by atoms with Crippen molar-refractivity contribution in [3.63, 3.8) is 0 Å². The molecule has 2 nitrogen and oxygen atoms in total. The van der Waals surface area contributed by atoms with E-state index in [0.29, 0.717) is 0 Å². The second-order valence-electron chi connectivity index (χ2n) is 5.73. The molecule has 23 heavy (non-hydrogen) atoms. The number of fused-ring (bicyclic) bond motifs is 3. The number of rotatable bonds is 7. The Balaban J connectivity index is 1.75. The Morgan fingerprint density at radius 1 is 1.04 bits per heavy atom. The van der Waals surface area contributed by atoms with E-state index >= 15 is 0 Å². The number of thiophene rings is 1. The monoisotopic (exact) mass is 346 g/mol. The maximum absolute atomic E-state index is 6.46. The summed E-state index contributed by atoms with van der Waals surface area (Å²) in [5, 5.41) is 6.93. The number of halogens is 1. The summed E-state index contributed by atoms with van der Waals surface area (Å²) >= 11 is 8.26. The number of nitrogens with one attached hydrogen (secondary N) is 1. The molecule has 0 bridgehead atoms. The van der Waals surface area contributed by atoms with Crippen LogP contribution >= 0.6 is 22.9 Å². The molecule has 4 heteroatoms. The van der Waals surface area contributed by atoms with E-state index in [0.717, 1.165) is 43.3 Å². The van der Waals surface area contributed by atoms with Crippen LogP contribution in [0, 0.1) is 0 Å². The molecule has 0 radical (unpaired) electrons. The highest BCUT2D eigenvalue weighted by molar-refractivity contribution is 7.25. The molecule has 0 amide bonds. The summed E-state index contributed by atoms with van der Waals surface area (Å²) in [6.07, 6.45) is 1.13. The van der Waals surface area contributed by atoms with E-state index in [2.05, 4.69) is 60.5 Å². The van der Waals surface area contributed by atoms with E-state index in [9.17, 15) is 0 Å². The minimum absolute atomic E-state index is 0.812. The third-order valence-corrected chi connectivity index (χ3v) is 5.77. The zero-order valence-electron chi connectivity index (χ0n) is 13.7. The van der Waals surface area contributed by atoms with Crippen LogP contribution in [0.1, 0.15) is 20.3 Å². The first kappa shape index (κ1) is 16.6. The number of benzene rings is 2. The van der Waals surface area contributed by atoms with Crippen molar-refractivity contribution >= 4 is 48.8 Å². The topological polar surface area (TPSA) is 15.3 Å². The predicted octanol–water partition coefficient (Wildman–Crippen LogP) is 5.85. The van der Waals surface area contributed by atoms with Gasteiger partial charge in [0.15, 0.2) is 0 Å². The van der Waals surface area contributed by atoms with Crippen LogP contribution in [-0.4, -0.2) is 31.1 Å². The molecule has 122 valence electrons. The third kappa shape index (κ3) is 3.63.